The number of halogens is 3. The Balaban J connectivity index is 0.00000189. The summed E-state index contributed by atoms with van der Waals surface area (Å²) in [6.45, 7) is 9.43. The number of hydrogen-bond acceptors (Lipinski definition) is 7. The maximum Gasteiger partial charge on any atom is 0.422 e. The van der Waals surface area contributed by atoms with E-state index in [1.165, 1.54) is 13.3 Å². The first kappa shape index (κ1) is 30.1. The van der Waals surface area contributed by atoms with Gasteiger partial charge in [-0.2, -0.15) is 13.2 Å². The second kappa shape index (κ2) is 12.3. The Morgan fingerprint density at radius 1 is 1.17 bits per heavy atom. The summed E-state index contributed by atoms with van der Waals surface area (Å²) in [7, 11) is 1.21. The Morgan fingerprint density at radius 3 is 2.63 bits per heavy atom. The molecule has 0 aromatic carbocycles. The molecule has 2 unspecified atom stereocenters. The molecule has 0 bridgehead atoms. The number of fused-ring (bicyclic) bond motifs is 2. The van der Waals surface area contributed by atoms with Crippen LogP contribution in [0.1, 0.15) is 62.2 Å². The van der Waals surface area contributed by atoms with Crippen LogP contribution in [0, 0.1) is 5.92 Å². The number of methoxy groups -OCH3 is 1. The average molecular weight is 572 g/mol. The van der Waals surface area contributed by atoms with Gasteiger partial charge in [0, 0.05) is 31.2 Å². The van der Waals surface area contributed by atoms with Crippen molar-refractivity contribution in [2.75, 3.05) is 38.3 Å². The van der Waals surface area contributed by atoms with Crippen LogP contribution in [0.5, 0.6) is 11.6 Å². The van der Waals surface area contributed by atoms with E-state index in [0.29, 0.717) is 61.9 Å². The van der Waals surface area contributed by atoms with Gasteiger partial charge in [-0.15, -0.1) is 0 Å². The van der Waals surface area contributed by atoms with E-state index in [-0.39, 0.29) is 23.3 Å². The lowest BCUT2D eigenvalue weighted by Crippen LogP contribution is -2.58. The molecule has 5 rings (SSSR count). The first-order valence-corrected chi connectivity index (χ1v) is 14.0. The number of pyridine rings is 3. The van der Waals surface area contributed by atoms with Gasteiger partial charge in [0.2, 0.25) is 5.88 Å². The van der Waals surface area contributed by atoms with Crippen molar-refractivity contribution in [2.24, 2.45) is 5.92 Å². The lowest BCUT2D eigenvalue weighted by molar-refractivity contribution is -0.138. The summed E-state index contributed by atoms with van der Waals surface area (Å²) in [6.07, 6.45) is 0.610. The summed E-state index contributed by atoms with van der Waals surface area (Å²) >= 11 is 0. The highest BCUT2D eigenvalue weighted by Gasteiger charge is 2.49. The number of ether oxygens (including phenoxy) is 2. The lowest BCUT2D eigenvalue weighted by atomic mass is 9.63. The van der Waals surface area contributed by atoms with Crippen molar-refractivity contribution in [1.82, 2.24) is 20.3 Å². The number of hydrogen-bond donors (Lipinski definition) is 1. The number of carbonyl (C=O) groups excluding carboxylic acids is 1. The fourth-order valence-corrected chi connectivity index (χ4v) is 5.95. The molecule has 0 aliphatic carbocycles. The Hall–Kier alpha value is -3.89. The van der Waals surface area contributed by atoms with Gasteiger partial charge in [-0.1, -0.05) is 33.3 Å². The molecule has 220 valence electrons. The van der Waals surface area contributed by atoms with Crippen LogP contribution in [0.2, 0.25) is 0 Å². The first-order valence-electron chi connectivity index (χ1n) is 14.0. The number of alkyl halides is 3. The topological polar surface area (TPSA) is 89.5 Å². The average Bonchev–Trinajstić information content (AvgIpc) is 2.99. The van der Waals surface area contributed by atoms with Gasteiger partial charge in [0.25, 0.3) is 5.91 Å². The van der Waals surface area contributed by atoms with Crippen LogP contribution in [0.15, 0.2) is 42.9 Å². The van der Waals surface area contributed by atoms with Crippen LogP contribution < -0.4 is 19.7 Å². The second-order valence-corrected chi connectivity index (χ2v) is 9.76. The van der Waals surface area contributed by atoms with Crippen LogP contribution in [0.3, 0.4) is 0 Å². The van der Waals surface area contributed by atoms with Gasteiger partial charge >= 0.3 is 6.18 Å². The Kier molecular flexibility index (Phi) is 9.04. The monoisotopic (exact) mass is 571 g/mol. The molecule has 2 aliphatic rings. The molecule has 0 radical (unpaired) electrons. The lowest BCUT2D eigenvalue weighted by Gasteiger charge is -2.51. The molecule has 1 fully saturated rings. The smallest absolute Gasteiger partial charge is 0.422 e. The molecular formula is C30H36F3N5O3. The van der Waals surface area contributed by atoms with Gasteiger partial charge in [0.1, 0.15) is 11.3 Å². The third kappa shape index (κ3) is 5.54. The van der Waals surface area contributed by atoms with E-state index in [9.17, 15) is 18.0 Å². The van der Waals surface area contributed by atoms with Crippen molar-refractivity contribution in [3.63, 3.8) is 0 Å². The standard InChI is InChI=1S/C28H30F3N5O3.C2H6/c1-4-17-15-36(21-13-32-14-22(38-3)23(21)28(29,30)31)12-10-27(17)16-34-25(37)24-19(27)8-9-20(35-24)18-7-6-11-33-26(18)39-5-2;1-2/h6-9,11,13-14,17H,4-5,10,12,15-16H2,1-3H3,(H,34,37);1-2H3. The zero-order valence-corrected chi connectivity index (χ0v) is 24.0. The largest absolute Gasteiger partial charge is 0.494 e. The maximum atomic E-state index is 14.1. The minimum absolute atomic E-state index is 0.00345. The van der Waals surface area contributed by atoms with Crippen molar-refractivity contribution < 1.29 is 27.4 Å². The zero-order valence-electron chi connectivity index (χ0n) is 24.0. The van der Waals surface area contributed by atoms with Gasteiger partial charge in [0.15, 0.2) is 5.75 Å². The number of anilines is 1. The molecule has 3 aromatic rings. The predicted molar refractivity (Wildman–Crippen MR) is 150 cm³/mol. The quantitative estimate of drug-likeness (QED) is 0.394. The second-order valence-electron chi connectivity index (χ2n) is 9.76. The van der Waals surface area contributed by atoms with Gasteiger partial charge < -0.3 is 19.7 Å². The van der Waals surface area contributed by atoms with Crippen LogP contribution in [-0.2, 0) is 11.6 Å². The van der Waals surface area contributed by atoms with E-state index in [0.717, 1.165) is 11.8 Å². The van der Waals surface area contributed by atoms with Crippen molar-refractivity contribution in [1.29, 1.82) is 0 Å². The molecule has 1 spiro atoms. The highest BCUT2D eigenvalue weighted by molar-refractivity contribution is 5.96. The van der Waals surface area contributed by atoms with Gasteiger partial charge in [0.05, 0.1) is 43.1 Å². The van der Waals surface area contributed by atoms with E-state index in [2.05, 4.69) is 15.3 Å². The minimum atomic E-state index is -4.60. The van der Waals surface area contributed by atoms with Crippen molar-refractivity contribution in [3.8, 4) is 22.9 Å². The molecule has 1 N–H and O–H groups in total. The SMILES string of the molecule is CC.CCOc1ncccc1-c1ccc2c(n1)C(=O)NCC21CCN(c2cncc(OC)c2C(F)(F)F)CC1CC. The summed E-state index contributed by atoms with van der Waals surface area (Å²) in [6, 6.07) is 7.43. The normalized spacial score (nSPS) is 20.0. The van der Waals surface area contributed by atoms with Crippen LogP contribution in [0.4, 0.5) is 18.9 Å². The summed E-state index contributed by atoms with van der Waals surface area (Å²) in [4.78, 5) is 27.8. The van der Waals surface area contributed by atoms with Gasteiger partial charge in [-0.3, -0.25) is 9.78 Å². The molecule has 1 amide bonds. The number of piperidine rings is 1. The van der Waals surface area contributed by atoms with E-state index in [1.54, 1.807) is 17.2 Å². The molecule has 11 heteroatoms. The summed E-state index contributed by atoms with van der Waals surface area (Å²) in [5.41, 5.74) is 1.11. The number of aromatic nitrogens is 3. The Labute approximate surface area is 238 Å². The van der Waals surface area contributed by atoms with Gasteiger partial charge in [-0.25, -0.2) is 9.97 Å². The number of nitrogens with zero attached hydrogens (tertiary/aromatic N) is 4. The fraction of sp³-hybridized carbons (Fsp3) is 0.467. The first-order chi connectivity index (χ1) is 19.7. The molecule has 2 aliphatic heterocycles. The van der Waals surface area contributed by atoms with Gasteiger partial charge in [-0.05, 0) is 43.0 Å². The highest BCUT2D eigenvalue weighted by atomic mass is 19.4. The number of rotatable bonds is 6. The van der Waals surface area contributed by atoms with Crippen LogP contribution >= 0.6 is 0 Å². The maximum absolute atomic E-state index is 14.1. The molecule has 0 saturated carbocycles. The number of nitrogens with one attached hydrogen (secondary N) is 1. The van der Waals surface area contributed by atoms with E-state index in [1.807, 2.05) is 45.9 Å². The van der Waals surface area contributed by atoms with E-state index < -0.39 is 17.2 Å². The van der Waals surface area contributed by atoms with Crippen LogP contribution in [0.25, 0.3) is 11.3 Å². The van der Waals surface area contributed by atoms with Crippen molar-refractivity contribution >= 4 is 11.6 Å². The molecule has 1 saturated heterocycles. The zero-order chi connectivity index (χ0) is 29.8. The molecule has 8 nitrogen and oxygen atoms in total. The fourth-order valence-electron chi connectivity index (χ4n) is 5.95. The molecular weight excluding hydrogens is 535 g/mol. The third-order valence-electron chi connectivity index (χ3n) is 7.82. The molecule has 2 atom stereocenters. The van der Waals surface area contributed by atoms with Crippen molar-refractivity contribution in [2.45, 2.75) is 52.1 Å². The molecule has 3 aromatic heterocycles. The molecule has 41 heavy (non-hydrogen) atoms. The van der Waals surface area contributed by atoms with E-state index >= 15 is 0 Å². The Bertz CT molecular complexity index is 1380. The minimum Gasteiger partial charge on any atom is -0.494 e. The predicted octanol–water partition coefficient (Wildman–Crippen LogP) is 5.91. The number of carbonyl (C=O) groups is 1. The highest BCUT2D eigenvalue weighted by Crippen LogP contribution is 2.48. The molecule has 5 heterocycles. The third-order valence-corrected chi connectivity index (χ3v) is 7.82. The van der Waals surface area contributed by atoms with E-state index in [4.69, 9.17) is 14.5 Å². The summed E-state index contributed by atoms with van der Waals surface area (Å²) in [5, 5.41) is 3.01. The Morgan fingerprint density at radius 2 is 1.95 bits per heavy atom. The van der Waals surface area contributed by atoms with Crippen LogP contribution in [-0.4, -0.2) is 54.2 Å². The van der Waals surface area contributed by atoms with Crippen molar-refractivity contribution in [3.05, 3.63) is 59.7 Å². The summed E-state index contributed by atoms with van der Waals surface area (Å²) in [5.74, 6) is -0.191. The number of amides is 1. The summed E-state index contributed by atoms with van der Waals surface area (Å²) < 4.78 is 52.9.